The minimum Gasteiger partial charge on any atom is -0.267 e. The second kappa shape index (κ2) is 7.02. The summed E-state index contributed by atoms with van der Waals surface area (Å²) >= 11 is 0. The number of anilines is 1. The minimum absolute atomic E-state index is 0.0442. The number of halogens is 2. The van der Waals surface area contributed by atoms with Crippen LogP contribution in [0.15, 0.2) is 48.5 Å². The molecule has 2 aliphatic heterocycles. The molecule has 0 radical (unpaired) electrons. The molecule has 2 heterocycles. The number of carbonyl (C=O) groups excluding carboxylic acids is 1. The van der Waals surface area contributed by atoms with Crippen LogP contribution in [0.4, 0.5) is 14.5 Å². The number of nitrogens with zero attached hydrogens (tertiary/aromatic N) is 2. The fourth-order valence-corrected chi connectivity index (χ4v) is 4.18. The molecule has 2 unspecified atom stereocenters. The molecular weight excluding hydrogens is 350 g/mol. The molecule has 2 atom stereocenters. The van der Waals surface area contributed by atoms with Gasteiger partial charge in [0.2, 0.25) is 5.79 Å². The summed E-state index contributed by atoms with van der Waals surface area (Å²) in [4.78, 5) is 20.2. The maximum atomic E-state index is 16.3. The molecule has 142 valence electrons. The van der Waals surface area contributed by atoms with E-state index in [0.29, 0.717) is 24.2 Å². The first-order valence-electron chi connectivity index (χ1n) is 9.31. The molecule has 0 N–H and O–H groups in total. The molecule has 2 aliphatic rings. The Balaban J connectivity index is 1.74. The van der Waals surface area contributed by atoms with Crippen LogP contribution in [0.5, 0.6) is 0 Å². The highest BCUT2D eigenvalue weighted by Gasteiger charge is 2.55. The van der Waals surface area contributed by atoms with Gasteiger partial charge in [-0.3, -0.25) is 14.5 Å². The van der Waals surface area contributed by atoms with Crippen molar-refractivity contribution in [2.75, 3.05) is 18.2 Å². The molecule has 2 aromatic rings. The Morgan fingerprint density at radius 2 is 2.04 bits per heavy atom. The van der Waals surface area contributed by atoms with Crippen molar-refractivity contribution in [3.8, 4) is 0 Å². The predicted molar refractivity (Wildman–Crippen MR) is 98.2 cm³/mol. The van der Waals surface area contributed by atoms with Gasteiger partial charge in [0.25, 0.3) is 0 Å². The summed E-state index contributed by atoms with van der Waals surface area (Å²) in [7, 11) is 0. The largest absolute Gasteiger partial charge is 0.304 e. The van der Waals surface area contributed by atoms with Crippen molar-refractivity contribution in [1.82, 2.24) is 4.90 Å². The molecule has 1 saturated heterocycles. The van der Waals surface area contributed by atoms with E-state index in [4.69, 9.17) is 4.84 Å². The topological polar surface area (TPSA) is 32.8 Å². The van der Waals surface area contributed by atoms with Crippen molar-refractivity contribution in [2.24, 2.45) is 0 Å². The van der Waals surface area contributed by atoms with E-state index in [0.717, 1.165) is 17.0 Å². The zero-order valence-electron chi connectivity index (χ0n) is 15.2. The summed E-state index contributed by atoms with van der Waals surface area (Å²) in [5, 5.41) is 1.08. The summed E-state index contributed by atoms with van der Waals surface area (Å²) in [5.41, 5.74) is 2.00. The summed E-state index contributed by atoms with van der Waals surface area (Å²) < 4.78 is 30.0. The third kappa shape index (κ3) is 3.03. The second-order valence-corrected chi connectivity index (χ2v) is 6.99. The molecule has 27 heavy (non-hydrogen) atoms. The monoisotopic (exact) mass is 372 g/mol. The molecule has 0 aliphatic carbocycles. The van der Waals surface area contributed by atoms with E-state index in [-0.39, 0.29) is 24.9 Å². The average Bonchev–Trinajstić information content (AvgIpc) is 3.16. The highest BCUT2D eigenvalue weighted by molar-refractivity contribution is 6.00. The first-order chi connectivity index (χ1) is 13.0. The van der Waals surface area contributed by atoms with Gasteiger partial charge >= 0.3 is 5.91 Å². The second-order valence-electron chi connectivity index (χ2n) is 6.99. The van der Waals surface area contributed by atoms with Crippen LogP contribution in [0.2, 0.25) is 0 Å². The van der Waals surface area contributed by atoms with Gasteiger partial charge in [0.15, 0.2) is 0 Å². The highest BCUT2D eigenvalue weighted by atomic mass is 19.1. The Bertz CT molecular complexity index is 860. The normalized spacial score (nSPS) is 25.7. The van der Waals surface area contributed by atoms with E-state index in [1.54, 1.807) is 36.1 Å². The van der Waals surface area contributed by atoms with Crippen LogP contribution in [-0.2, 0) is 16.1 Å². The number of fused-ring (bicyclic) bond motifs is 1. The standard InChI is InChI=1S/C21H22F2N2O2/c1-2-27-25-19-10-4-3-7-16(19)14-21(23,20(25)26)24-12-6-11-18(24)15-8-5-9-17(22)13-15/h3-5,7-10,13,18H,2,6,11-12,14H2,1H3. The number of rotatable bonds is 4. The van der Waals surface area contributed by atoms with Crippen molar-refractivity contribution in [3.63, 3.8) is 0 Å². The smallest absolute Gasteiger partial charge is 0.267 e. The maximum Gasteiger partial charge on any atom is 0.304 e. The van der Waals surface area contributed by atoms with E-state index in [2.05, 4.69) is 0 Å². The average molecular weight is 372 g/mol. The number of hydrogen-bond acceptors (Lipinski definition) is 3. The van der Waals surface area contributed by atoms with Gasteiger partial charge in [-0.2, -0.15) is 5.06 Å². The first-order valence-corrected chi connectivity index (χ1v) is 9.31. The summed E-state index contributed by atoms with van der Waals surface area (Å²) in [6, 6.07) is 13.1. The number of benzene rings is 2. The lowest BCUT2D eigenvalue weighted by atomic mass is 9.93. The van der Waals surface area contributed by atoms with E-state index >= 15 is 4.39 Å². The molecule has 4 nitrogen and oxygen atoms in total. The number of para-hydroxylation sites is 1. The van der Waals surface area contributed by atoms with Crippen molar-refractivity contribution in [2.45, 2.75) is 38.0 Å². The van der Waals surface area contributed by atoms with Gasteiger partial charge in [-0.05, 0) is 49.1 Å². The summed E-state index contributed by atoms with van der Waals surface area (Å²) in [6.07, 6.45) is 1.38. The Kier molecular flexibility index (Phi) is 4.70. The number of carbonyl (C=O) groups is 1. The van der Waals surface area contributed by atoms with Gasteiger partial charge in [-0.1, -0.05) is 30.3 Å². The fourth-order valence-electron chi connectivity index (χ4n) is 4.18. The van der Waals surface area contributed by atoms with Crippen LogP contribution >= 0.6 is 0 Å². The molecule has 0 saturated carbocycles. The van der Waals surface area contributed by atoms with Crippen LogP contribution < -0.4 is 5.06 Å². The molecular formula is C21H22F2N2O2. The Hall–Kier alpha value is -2.31. The van der Waals surface area contributed by atoms with Crippen molar-refractivity contribution in [3.05, 3.63) is 65.5 Å². The predicted octanol–water partition coefficient (Wildman–Crippen LogP) is 4.17. The third-order valence-corrected chi connectivity index (χ3v) is 5.35. The molecule has 0 spiro atoms. The summed E-state index contributed by atoms with van der Waals surface area (Å²) in [6.45, 7) is 2.45. The number of likely N-dealkylation sites (tertiary alicyclic amines) is 1. The Morgan fingerprint density at radius 3 is 2.81 bits per heavy atom. The number of hydroxylamine groups is 1. The zero-order valence-corrected chi connectivity index (χ0v) is 15.2. The SMILES string of the molecule is CCON1C(=O)C(F)(N2CCCC2c2cccc(F)c2)Cc2ccccc21. The molecule has 0 bridgehead atoms. The van der Waals surface area contributed by atoms with Crippen LogP contribution in [0.1, 0.15) is 36.9 Å². The molecule has 1 fully saturated rings. The highest BCUT2D eigenvalue weighted by Crippen LogP contribution is 2.44. The number of hydrogen-bond donors (Lipinski definition) is 0. The fraction of sp³-hybridized carbons (Fsp3) is 0.381. The first kappa shape index (κ1) is 18.1. The van der Waals surface area contributed by atoms with Gasteiger partial charge < -0.3 is 0 Å². The van der Waals surface area contributed by atoms with Gasteiger partial charge in [-0.15, -0.1) is 0 Å². The third-order valence-electron chi connectivity index (χ3n) is 5.35. The Labute approximate surface area is 157 Å². The van der Waals surface area contributed by atoms with E-state index in [1.165, 1.54) is 12.1 Å². The van der Waals surface area contributed by atoms with Gasteiger partial charge in [0.1, 0.15) is 5.82 Å². The quantitative estimate of drug-likeness (QED) is 0.755. The van der Waals surface area contributed by atoms with Crippen LogP contribution in [0.3, 0.4) is 0 Å². The summed E-state index contributed by atoms with van der Waals surface area (Å²) in [5.74, 6) is -3.30. The Morgan fingerprint density at radius 1 is 1.22 bits per heavy atom. The minimum atomic E-state index is -2.23. The lowest BCUT2D eigenvalue weighted by Crippen LogP contribution is -2.60. The number of alkyl halides is 1. The maximum absolute atomic E-state index is 16.3. The van der Waals surface area contributed by atoms with Gasteiger partial charge in [-0.25, -0.2) is 8.78 Å². The zero-order chi connectivity index (χ0) is 19.0. The molecule has 0 aromatic heterocycles. The molecule has 1 amide bonds. The van der Waals surface area contributed by atoms with Crippen molar-refractivity contribution >= 4 is 11.6 Å². The van der Waals surface area contributed by atoms with E-state index < -0.39 is 11.7 Å². The lowest BCUT2D eigenvalue weighted by molar-refractivity contribution is -0.155. The van der Waals surface area contributed by atoms with Gasteiger partial charge in [0, 0.05) is 19.0 Å². The van der Waals surface area contributed by atoms with Crippen LogP contribution in [-0.4, -0.2) is 29.8 Å². The van der Waals surface area contributed by atoms with Crippen LogP contribution in [0, 0.1) is 5.82 Å². The van der Waals surface area contributed by atoms with Crippen LogP contribution in [0.25, 0.3) is 0 Å². The lowest BCUT2D eigenvalue weighted by Gasteiger charge is -2.43. The molecule has 4 rings (SSSR count). The van der Waals surface area contributed by atoms with E-state index in [9.17, 15) is 9.18 Å². The van der Waals surface area contributed by atoms with Crippen molar-refractivity contribution < 1.29 is 18.4 Å². The molecule has 2 aromatic carbocycles. The van der Waals surface area contributed by atoms with E-state index in [1.807, 2.05) is 12.1 Å². The van der Waals surface area contributed by atoms with Crippen molar-refractivity contribution in [1.29, 1.82) is 0 Å². The molecule has 6 heteroatoms. The van der Waals surface area contributed by atoms with Gasteiger partial charge in [0.05, 0.1) is 12.3 Å². The number of amides is 1.